The van der Waals surface area contributed by atoms with E-state index < -0.39 is 17.0 Å². The van der Waals surface area contributed by atoms with Crippen LogP contribution in [0.25, 0.3) is 0 Å². The highest BCUT2D eigenvalue weighted by Crippen LogP contribution is 2.55. The normalized spacial score (nSPS) is 18.9. The zero-order chi connectivity index (χ0) is 12.8. The molecule has 0 radical (unpaired) electrons. The molecule has 0 aromatic heterocycles. The van der Waals surface area contributed by atoms with E-state index in [0.717, 1.165) is 6.07 Å². The fourth-order valence-corrected chi connectivity index (χ4v) is 2.27. The topological polar surface area (TPSA) is 55.5 Å². The number of phenols is 1. The van der Waals surface area contributed by atoms with Gasteiger partial charge in [0.1, 0.15) is 0 Å². The predicted octanol–water partition coefficient (Wildman–Crippen LogP) is 2.06. The van der Waals surface area contributed by atoms with Gasteiger partial charge in [0, 0.05) is 23.1 Å². The smallest absolute Gasteiger partial charge is 0.166 e. The quantitative estimate of drug-likeness (QED) is 0.854. The van der Waals surface area contributed by atoms with Crippen LogP contribution in [0.2, 0.25) is 0 Å². The Bertz CT molecular complexity index is 456. The number of hydrogen-bond acceptors (Lipinski definition) is 3. The number of benzene rings is 1. The molecule has 0 bridgehead atoms. The summed E-state index contributed by atoms with van der Waals surface area (Å²) in [4.78, 5) is 0. The Hall–Kier alpha value is -1.36. The van der Waals surface area contributed by atoms with Gasteiger partial charge in [-0.1, -0.05) is 0 Å². The second-order valence-electron chi connectivity index (χ2n) is 4.54. The molecule has 1 aromatic rings. The number of aromatic hydroxyl groups is 1. The molecule has 0 saturated heterocycles. The number of methoxy groups -OCH3 is 1. The molecule has 0 aliphatic heterocycles. The van der Waals surface area contributed by atoms with Gasteiger partial charge in [-0.2, -0.15) is 0 Å². The molecule has 0 spiro atoms. The Labute approximate surface area is 98.2 Å². The number of ether oxygens (including phenoxy) is 1. The van der Waals surface area contributed by atoms with E-state index in [4.69, 9.17) is 10.5 Å². The fourth-order valence-electron chi connectivity index (χ4n) is 2.27. The van der Waals surface area contributed by atoms with Crippen molar-refractivity contribution in [2.75, 3.05) is 7.11 Å². The Balaban J connectivity index is 2.64. The summed E-state index contributed by atoms with van der Waals surface area (Å²) in [5, 5.41) is 9.93. The molecular weight excluding hydrogens is 228 g/mol. The van der Waals surface area contributed by atoms with Crippen LogP contribution in [0, 0.1) is 11.6 Å². The van der Waals surface area contributed by atoms with Gasteiger partial charge in [-0.25, -0.2) is 8.78 Å². The molecular formula is C12H15F2NO2. The van der Waals surface area contributed by atoms with Crippen LogP contribution in [-0.4, -0.2) is 18.3 Å². The van der Waals surface area contributed by atoms with Gasteiger partial charge >= 0.3 is 0 Å². The number of nitrogens with two attached hydrogens (primary N) is 1. The van der Waals surface area contributed by atoms with Crippen molar-refractivity contribution in [3.8, 4) is 11.5 Å². The molecule has 1 atom stereocenters. The van der Waals surface area contributed by atoms with Crippen molar-refractivity contribution < 1.29 is 18.6 Å². The first-order valence-electron chi connectivity index (χ1n) is 5.45. The van der Waals surface area contributed by atoms with E-state index in [1.165, 1.54) is 7.11 Å². The van der Waals surface area contributed by atoms with Gasteiger partial charge in [-0.3, -0.25) is 0 Å². The molecule has 1 aliphatic rings. The maximum Gasteiger partial charge on any atom is 0.166 e. The van der Waals surface area contributed by atoms with E-state index >= 15 is 0 Å². The van der Waals surface area contributed by atoms with Gasteiger partial charge < -0.3 is 15.6 Å². The highest BCUT2D eigenvalue weighted by molar-refractivity contribution is 5.53. The summed E-state index contributed by atoms with van der Waals surface area (Å²) in [6.45, 7) is 1.73. The number of halogens is 2. The molecule has 1 fully saturated rings. The first-order chi connectivity index (χ1) is 7.94. The molecule has 1 saturated carbocycles. The van der Waals surface area contributed by atoms with E-state index in [0.29, 0.717) is 12.8 Å². The van der Waals surface area contributed by atoms with Gasteiger partial charge in [0.2, 0.25) is 0 Å². The van der Waals surface area contributed by atoms with Gasteiger partial charge in [-0.15, -0.1) is 0 Å². The van der Waals surface area contributed by atoms with E-state index in [1.807, 2.05) is 0 Å². The van der Waals surface area contributed by atoms with E-state index in [-0.39, 0.29) is 23.1 Å². The molecule has 94 valence electrons. The first-order valence-corrected chi connectivity index (χ1v) is 5.45. The Morgan fingerprint density at radius 3 is 2.47 bits per heavy atom. The molecule has 3 N–H and O–H groups in total. The highest BCUT2D eigenvalue weighted by atomic mass is 19.2. The monoisotopic (exact) mass is 243 g/mol. The van der Waals surface area contributed by atoms with Gasteiger partial charge in [0.25, 0.3) is 0 Å². The summed E-state index contributed by atoms with van der Waals surface area (Å²) in [6.07, 6.45) is 1.28. The van der Waals surface area contributed by atoms with Crippen LogP contribution in [0.1, 0.15) is 25.3 Å². The standard InChI is InChI=1S/C12H15F2NO2/c1-6(15)12(3-4-12)9-10(14)7(13)5-8(17-2)11(9)16/h5-6,16H,3-4,15H2,1-2H3. The minimum absolute atomic E-state index is 0.0515. The lowest BCUT2D eigenvalue weighted by molar-refractivity contribution is 0.350. The van der Waals surface area contributed by atoms with Crippen LogP contribution in [-0.2, 0) is 5.41 Å². The summed E-state index contributed by atoms with van der Waals surface area (Å²) < 4.78 is 32.1. The van der Waals surface area contributed by atoms with E-state index in [1.54, 1.807) is 6.92 Å². The minimum Gasteiger partial charge on any atom is -0.504 e. The van der Waals surface area contributed by atoms with Crippen LogP contribution in [0.3, 0.4) is 0 Å². The molecule has 1 aliphatic carbocycles. The highest BCUT2D eigenvalue weighted by Gasteiger charge is 2.51. The lowest BCUT2D eigenvalue weighted by Gasteiger charge is -2.23. The third kappa shape index (κ3) is 1.65. The second-order valence-corrected chi connectivity index (χ2v) is 4.54. The third-order valence-corrected chi connectivity index (χ3v) is 3.54. The van der Waals surface area contributed by atoms with Crippen LogP contribution in [0.5, 0.6) is 11.5 Å². The lowest BCUT2D eigenvalue weighted by Crippen LogP contribution is -2.32. The zero-order valence-corrected chi connectivity index (χ0v) is 9.76. The van der Waals surface area contributed by atoms with Crippen molar-refractivity contribution in [3.05, 3.63) is 23.3 Å². The predicted molar refractivity (Wildman–Crippen MR) is 59.1 cm³/mol. The van der Waals surface area contributed by atoms with Crippen molar-refractivity contribution in [2.24, 2.45) is 5.73 Å². The van der Waals surface area contributed by atoms with Crippen molar-refractivity contribution in [1.29, 1.82) is 0 Å². The maximum atomic E-state index is 13.8. The van der Waals surface area contributed by atoms with Gasteiger partial charge in [0.05, 0.1) is 7.11 Å². The molecule has 1 aromatic carbocycles. The molecule has 0 amide bonds. The van der Waals surface area contributed by atoms with Gasteiger partial charge in [0.15, 0.2) is 23.1 Å². The summed E-state index contributed by atoms with van der Waals surface area (Å²) in [5.41, 5.74) is 5.09. The van der Waals surface area contributed by atoms with Crippen LogP contribution >= 0.6 is 0 Å². The molecule has 5 heteroatoms. The Morgan fingerprint density at radius 2 is 2.06 bits per heavy atom. The number of hydrogen-bond donors (Lipinski definition) is 2. The summed E-state index contributed by atoms with van der Waals surface area (Å²) >= 11 is 0. The summed E-state index contributed by atoms with van der Waals surface area (Å²) in [5.74, 6) is -2.47. The van der Waals surface area contributed by atoms with Crippen molar-refractivity contribution in [1.82, 2.24) is 0 Å². The first kappa shape index (κ1) is 12.1. The van der Waals surface area contributed by atoms with E-state index in [9.17, 15) is 13.9 Å². The van der Waals surface area contributed by atoms with Gasteiger partial charge in [-0.05, 0) is 19.8 Å². The molecule has 17 heavy (non-hydrogen) atoms. The average Bonchev–Trinajstić information content (AvgIpc) is 3.05. The van der Waals surface area contributed by atoms with Crippen LogP contribution < -0.4 is 10.5 Å². The number of rotatable bonds is 3. The van der Waals surface area contributed by atoms with Crippen molar-refractivity contribution >= 4 is 0 Å². The zero-order valence-electron chi connectivity index (χ0n) is 9.76. The second kappa shape index (κ2) is 3.84. The third-order valence-electron chi connectivity index (χ3n) is 3.54. The Kier molecular flexibility index (Phi) is 2.73. The SMILES string of the molecule is COc1cc(F)c(F)c(C2(C(C)N)CC2)c1O. The fraction of sp³-hybridized carbons (Fsp3) is 0.500. The van der Waals surface area contributed by atoms with Crippen molar-refractivity contribution in [3.63, 3.8) is 0 Å². The molecule has 1 unspecified atom stereocenters. The maximum absolute atomic E-state index is 13.8. The minimum atomic E-state index is -1.03. The molecule has 0 heterocycles. The van der Waals surface area contributed by atoms with E-state index in [2.05, 4.69) is 0 Å². The Morgan fingerprint density at radius 1 is 1.47 bits per heavy atom. The molecule has 3 nitrogen and oxygen atoms in total. The number of phenolic OH excluding ortho intramolecular Hbond substituents is 1. The average molecular weight is 243 g/mol. The summed E-state index contributed by atoms with van der Waals surface area (Å²) in [7, 11) is 1.29. The molecule has 2 rings (SSSR count). The van der Waals surface area contributed by atoms with Crippen molar-refractivity contribution in [2.45, 2.75) is 31.2 Å². The lowest BCUT2D eigenvalue weighted by atomic mass is 9.88. The summed E-state index contributed by atoms with van der Waals surface area (Å²) in [6, 6.07) is 0.486. The largest absolute Gasteiger partial charge is 0.504 e. The van der Waals surface area contributed by atoms with Crippen LogP contribution in [0.15, 0.2) is 6.07 Å². The van der Waals surface area contributed by atoms with Crippen LogP contribution in [0.4, 0.5) is 8.78 Å².